The van der Waals surface area contributed by atoms with Crippen molar-refractivity contribution in [2.24, 2.45) is 12.9 Å². The number of aryl methyl sites for hydroxylation is 2. The maximum absolute atomic E-state index is 6.21. The van der Waals surface area contributed by atoms with Gasteiger partial charge in [0.1, 0.15) is 5.82 Å². The summed E-state index contributed by atoms with van der Waals surface area (Å²) in [5.41, 5.74) is 3.70. The Hall–Kier alpha value is -1.07. The van der Waals surface area contributed by atoms with E-state index in [1.165, 1.54) is 0 Å². The molecule has 1 atom stereocenters. The molecule has 1 aromatic carbocycles. The highest BCUT2D eigenvalue weighted by molar-refractivity contribution is 6.42. The predicted molar refractivity (Wildman–Crippen MR) is 78.1 cm³/mol. The molecular formula is C13H16Cl2N4. The van der Waals surface area contributed by atoms with Gasteiger partial charge in [0.05, 0.1) is 10.0 Å². The topological polar surface area (TPSA) is 55.9 Å². The summed E-state index contributed by atoms with van der Waals surface area (Å²) in [6.45, 7) is 0. The molecule has 0 bridgehead atoms. The molecule has 0 saturated carbocycles. The second kappa shape index (κ2) is 6.39. The lowest BCUT2D eigenvalue weighted by atomic mass is 10.0. The van der Waals surface area contributed by atoms with Gasteiger partial charge in [-0.05, 0) is 18.1 Å². The Morgan fingerprint density at radius 2 is 2.21 bits per heavy atom. The van der Waals surface area contributed by atoms with E-state index >= 15 is 0 Å². The fraction of sp³-hybridized carbons (Fsp3) is 0.308. The summed E-state index contributed by atoms with van der Waals surface area (Å²) < 4.78 is 1.99. The average molecular weight is 299 g/mol. The molecule has 6 heteroatoms. The van der Waals surface area contributed by atoms with Crippen molar-refractivity contribution < 1.29 is 0 Å². The molecule has 0 spiro atoms. The van der Waals surface area contributed by atoms with Crippen LogP contribution in [0.15, 0.2) is 30.6 Å². The Kier molecular flexibility index (Phi) is 4.82. The van der Waals surface area contributed by atoms with Crippen molar-refractivity contribution in [3.63, 3.8) is 0 Å². The van der Waals surface area contributed by atoms with Gasteiger partial charge < -0.3 is 4.57 Å². The van der Waals surface area contributed by atoms with Crippen LogP contribution in [-0.2, 0) is 13.5 Å². The summed E-state index contributed by atoms with van der Waals surface area (Å²) in [5.74, 6) is 6.63. The minimum absolute atomic E-state index is 0.0529. The molecule has 0 radical (unpaired) electrons. The third kappa shape index (κ3) is 3.28. The van der Waals surface area contributed by atoms with Gasteiger partial charge in [-0.3, -0.25) is 11.3 Å². The van der Waals surface area contributed by atoms with Crippen molar-refractivity contribution in [3.8, 4) is 0 Å². The monoisotopic (exact) mass is 298 g/mol. The van der Waals surface area contributed by atoms with Crippen LogP contribution in [-0.4, -0.2) is 9.55 Å². The second-order valence-corrected chi connectivity index (χ2v) is 5.14. The quantitative estimate of drug-likeness (QED) is 0.659. The molecule has 102 valence electrons. The standard InChI is InChI=1S/C13H16Cl2N4/c1-19-8-7-17-12(19)6-5-11(18-16)9-3-2-4-10(14)13(9)15/h2-4,7-8,11,18H,5-6,16H2,1H3. The van der Waals surface area contributed by atoms with Crippen molar-refractivity contribution in [2.75, 3.05) is 0 Å². The fourth-order valence-electron chi connectivity index (χ4n) is 2.03. The first-order chi connectivity index (χ1) is 9.13. The van der Waals surface area contributed by atoms with Crippen LogP contribution in [0.2, 0.25) is 10.0 Å². The van der Waals surface area contributed by atoms with Gasteiger partial charge in [0.15, 0.2) is 0 Å². The van der Waals surface area contributed by atoms with Crippen LogP contribution in [0.4, 0.5) is 0 Å². The molecule has 0 amide bonds. The molecule has 0 aliphatic rings. The van der Waals surface area contributed by atoms with Crippen molar-refractivity contribution in [2.45, 2.75) is 18.9 Å². The summed E-state index contributed by atoms with van der Waals surface area (Å²) >= 11 is 12.2. The van der Waals surface area contributed by atoms with Gasteiger partial charge in [-0.25, -0.2) is 4.98 Å². The largest absolute Gasteiger partial charge is 0.338 e. The normalized spacial score (nSPS) is 12.6. The van der Waals surface area contributed by atoms with E-state index < -0.39 is 0 Å². The SMILES string of the molecule is Cn1ccnc1CCC(NN)c1cccc(Cl)c1Cl. The Labute approximate surface area is 122 Å². The molecule has 3 N–H and O–H groups in total. The van der Waals surface area contributed by atoms with E-state index in [0.717, 1.165) is 24.2 Å². The molecule has 4 nitrogen and oxygen atoms in total. The van der Waals surface area contributed by atoms with Crippen molar-refractivity contribution in [3.05, 3.63) is 52.0 Å². The lowest BCUT2D eigenvalue weighted by molar-refractivity contribution is 0.506. The van der Waals surface area contributed by atoms with E-state index in [-0.39, 0.29) is 6.04 Å². The van der Waals surface area contributed by atoms with E-state index in [1.54, 1.807) is 12.3 Å². The first-order valence-corrected chi connectivity index (χ1v) is 6.75. The van der Waals surface area contributed by atoms with E-state index in [0.29, 0.717) is 10.0 Å². The van der Waals surface area contributed by atoms with Crippen molar-refractivity contribution in [1.29, 1.82) is 0 Å². The summed E-state index contributed by atoms with van der Waals surface area (Å²) in [6, 6.07) is 5.51. The average Bonchev–Trinajstić information content (AvgIpc) is 2.80. The van der Waals surface area contributed by atoms with E-state index in [2.05, 4.69) is 10.4 Å². The van der Waals surface area contributed by atoms with Gasteiger partial charge in [0.25, 0.3) is 0 Å². The predicted octanol–water partition coefficient (Wildman–Crippen LogP) is 2.86. The highest BCUT2D eigenvalue weighted by Gasteiger charge is 2.15. The summed E-state index contributed by atoms with van der Waals surface area (Å²) in [5, 5.41) is 1.09. The molecule has 0 aliphatic heterocycles. The zero-order valence-electron chi connectivity index (χ0n) is 10.6. The number of benzene rings is 1. The van der Waals surface area contributed by atoms with Crippen LogP contribution >= 0.6 is 23.2 Å². The minimum atomic E-state index is -0.0529. The number of nitrogens with one attached hydrogen (secondary N) is 1. The highest BCUT2D eigenvalue weighted by atomic mass is 35.5. The molecule has 2 rings (SSSR count). The molecule has 2 aromatic rings. The van der Waals surface area contributed by atoms with E-state index in [4.69, 9.17) is 29.0 Å². The van der Waals surface area contributed by atoms with E-state index in [9.17, 15) is 0 Å². The molecule has 1 aromatic heterocycles. The smallest absolute Gasteiger partial charge is 0.108 e. The Morgan fingerprint density at radius 3 is 2.84 bits per heavy atom. The first-order valence-electron chi connectivity index (χ1n) is 5.99. The van der Waals surface area contributed by atoms with Crippen LogP contribution in [0.3, 0.4) is 0 Å². The number of aromatic nitrogens is 2. The van der Waals surface area contributed by atoms with Gasteiger partial charge in [-0.1, -0.05) is 35.3 Å². The number of imidazole rings is 1. The maximum atomic E-state index is 6.21. The zero-order chi connectivity index (χ0) is 13.8. The summed E-state index contributed by atoms with van der Waals surface area (Å²) in [4.78, 5) is 4.29. The third-order valence-electron chi connectivity index (χ3n) is 3.14. The molecule has 0 saturated heterocycles. The number of nitrogens with zero attached hydrogens (tertiary/aromatic N) is 2. The highest BCUT2D eigenvalue weighted by Crippen LogP contribution is 2.31. The molecule has 19 heavy (non-hydrogen) atoms. The molecule has 1 unspecified atom stereocenters. The number of hydrogen-bond acceptors (Lipinski definition) is 3. The van der Waals surface area contributed by atoms with Crippen LogP contribution in [0, 0.1) is 0 Å². The molecule has 0 aliphatic carbocycles. The second-order valence-electron chi connectivity index (χ2n) is 4.36. The molecule has 1 heterocycles. The third-order valence-corrected chi connectivity index (χ3v) is 3.97. The van der Waals surface area contributed by atoms with E-state index in [1.807, 2.05) is 29.9 Å². The first kappa shape index (κ1) is 14.3. The van der Waals surface area contributed by atoms with Crippen molar-refractivity contribution in [1.82, 2.24) is 15.0 Å². The van der Waals surface area contributed by atoms with Crippen LogP contribution < -0.4 is 11.3 Å². The maximum Gasteiger partial charge on any atom is 0.108 e. The number of rotatable bonds is 5. The fourth-order valence-corrected chi connectivity index (χ4v) is 2.47. The van der Waals surface area contributed by atoms with Crippen molar-refractivity contribution >= 4 is 23.2 Å². The van der Waals surface area contributed by atoms with Gasteiger partial charge in [-0.15, -0.1) is 0 Å². The van der Waals surface area contributed by atoms with Crippen LogP contribution in [0.25, 0.3) is 0 Å². The number of hydrazine groups is 1. The van der Waals surface area contributed by atoms with Gasteiger partial charge in [0.2, 0.25) is 0 Å². The minimum Gasteiger partial charge on any atom is -0.338 e. The zero-order valence-corrected chi connectivity index (χ0v) is 12.1. The van der Waals surface area contributed by atoms with Gasteiger partial charge in [0, 0.05) is 31.9 Å². The Balaban J connectivity index is 2.12. The Bertz CT molecular complexity index is 553. The Morgan fingerprint density at radius 1 is 1.42 bits per heavy atom. The number of halogens is 2. The molecule has 0 fully saturated rings. The number of nitrogens with two attached hydrogens (primary N) is 1. The summed E-state index contributed by atoms with van der Waals surface area (Å²) in [6.07, 6.45) is 5.31. The van der Waals surface area contributed by atoms with Gasteiger partial charge >= 0.3 is 0 Å². The van der Waals surface area contributed by atoms with Crippen LogP contribution in [0.1, 0.15) is 23.9 Å². The summed E-state index contributed by atoms with van der Waals surface area (Å²) in [7, 11) is 1.97. The van der Waals surface area contributed by atoms with Gasteiger partial charge in [-0.2, -0.15) is 0 Å². The lowest BCUT2D eigenvalue weighted by Gasteiger charge is -2.18. The van der Waals surface area contributed by atoms with Crippen LogP contribution in [0.5, 0.6) is 0 Å². The number of hydrogen-bond donors (Lipinski definition) is 2. The molecular weight excluding hydrogens is 283 g/mol. The lowest BCUT2D eigenvalue weighted by Crippen LogP contribution is -2.28.